The third-order valence-corrected chi connectivity index (χ3v) is 8.96. The van der Waals surface area contributed by atoms with E-state index in [1.807, 2.05) is 30.3 Å². The van der Waals surface area contributed by atoms with E-state index < -0.39 is 10.0 Å². The Kier molecular flexibility index (Phi) is 6.36. The van der Waals surface area contributed by atoms with Crippen molar-refractivity contribution >= 4 is 32.4 Å². The molecule has 180 valence electrons. The zero-order valence-electron chi connectivity index (χ0n) is 19.9. The van der Waals surface area contributed by atoms with Crippen molar-refractivity contribution in [2.75, 3.05) is 56.2 Å². The topological polar surface area (TPSA) is 66.0 Å². The molecule has 3 heterocycles. The lowest BCUT2D eigenvalue weighted by atomic mass is 10.0. The van der Waals surface area contributed by atoms with E-state index in [0.717, 1.165) is 61.5 Å². The first-order valence-corrected chi connectivity index (χ1v) is 13.4. The lowest BCUT2D eigenvalue weighted by Crippen LogP contribution is -2.46. The number of hydrogen-bond acceptors (Lipinski definition) is 6. The summed E-state index contributed by atoms with van der Waals surface area (Å²) in [5.41, 5.74) is 2.02. The molecule has 34 heavy (non-hydrogen) atoms. The maximum Gasteiger partial charge on any atom is 0.243 e. The van der Waals surface area contributed by atoms with Gasteiger partial charge in [0.2, 0.25) is 10.0 Å². The molecule has 1 aromatic heterocycles. The number of sulfonamides is 1. The number of nitrogens with zero attached hydrogens (tertiary/aromatic N) is 4. The fourth-order valence-corrected chi connectivity index (χ4v) is 6.30. The molecule has 3 aromatic rings. The molecule has 0 atom stereocenters. The van der Waals surface area contributed by atoms with Gasteiger partial charge in [-0.2, -0.15) is 4.31 Å². The summed E-state index contributed by atoms with van der Waals surface area (Å²) < 4.78 is 33.1. The van der Waals surface area contributed by atoms with Crippen LogP contribution in [0.25, 0.3) is 10.9 Å². The van der Waals surface area contributed by atoms with Crippen molar-refractivity contribution in [3.8, 4) is 5.75 Å². The second-order valence-electron chi connectivity index (χ2n) is 9.28. The number of aromatic nitrogens is 1. The van der Waals surface area contributed by atoms with Gasteiger partial charge in [-0.05, 0) is 73.4 Å². The minimum absolute atomic E-state index is 0.359. The van der Waals surface area contributed by atoms with E-state index in [-0.39, 0.29) is 0 Å². The van der Waals surface area contributed by atoms with Crippen molar-refractivity contribution in [1.29, 1.82) is 0 Å². The molecule has 7 nitrogen and oxygen atoms in total. The fourth-order valence-electron chi connectivity index (χ4n) is 4.79. The number of benzene rings is 2. The zero-order valence-corrected chi connectivity index (χ0v) is 20.7. The van der Waals surface area contributed by atoms with Gasteiger partial charge in [0.05, 0.1) is 17.5 Å². The molecule has 2 saturated heterocycles. The van der Waals surface area contributed by atoms with Crippen molar-refractivity contribution < 1.29 is 13.2 Å². The quantitative estimate of drug-likeness (QED) is 0.550. The number of fused-ring (bicyclic) bond motifs is 1. The molecule has 0 spiro atoms. The van der Waals surface area contributed by atoms with Gasteiger partial charge in [-0.3, -0.25) is 0 Å². The van der Waals surface area contributed by atoms with Crippen molar-refractivity contribution in [2.24, 2.45) is 5.92 Å². The molecule has 0 unspecified atom stereocenters. The normalized spacial score (nSPS) is 18.4. The van der Waals surface area contributed by atoms with E-state index in [2.05, 4.69) is 28.9 Å². The predicted molar refractivity (Wildman–Crippen MR) is 136 cm³/mol. The molecule has 0 radical (unpaired) electrons. The molecule has 2 aliphatic rings. The zero-order chi connectivity index (χ0) is 23.7. The standard InChI is InChI=1S/C26H32N4O3S/c1-20-11-13-30(14-12-20)34(31,32)24-8-9-25-21(19-24)3-10-26(27-25)29-17-15-28(16-18-29)22-4-6-23(33-2)7-5-22/h3-10,19-20H,11-18H2,1-2H3. The Bertz CT molecular complexity index is 1250. The number of rotatable bonds is 5. The highest BCUT2D eigenvalue weighted by Crippen LogP contribution is 2.27. The Morgan fingerprint density at radius 3 is 2.21 bits per heavy atom. The van der Waals surface area contributed by atoms with E-state index in [1.165, 1.54) is 5.69 Å². The van der Waals surface area contributed by atoms with E-state index in [9.17, 15) is 8.42 Å². The average molecular weight is 481 g/mol. The van der Waals surface area contributed by atoms with Crippen LogP contribution in [-0.2, 0) is 10.0 Å². The SMILES string of the molecule is COc1ccc(N2CCN(c3ccc4cc(S(=O)(=O)N5CCC(C)CC5)ccc4n3)CC2)cc1. The van der Waals surface area contributed by atoms with Crippen LogP contribution in [-0.4, -0.2) is 64.1 Å². The number of piperidine rings is 1. The Morgan fingerprint density at radius 1 is 0.853 bits per heavy atom. The second kappa shape index (κ2) is 9.43. The molecule has 0 amide bonds. The molecule has 2 aliphatic heterocycles. The fraction of sp³-hybridized carbons (Fsp3) is 0.423. The van der Waals surface area contributed by atoms with Gasteiger partial charge in [0.1, 0.15) is 11.6 Å². The van der Waals surface area contributed by atoms with Crippen LogP contribution in [0, 0.1) is 5.92 Å². The molecule has 8 heteroatoms. The van der Waals surface area contributed by atoms with Gasteiger partial charge in [-0.15, -0.1) is 0 Å². The van der Waals surface area contributed by atoms with Crippen LogP contribution in [0.5, 0.6) is 5.75 Å². The van der Waals surface area contributed by atoms with Crippen LogP contribution in [0.4, 0.5) is 11.5 Å². The first-order valence-electron chi connectivity index (χ1n) is 12.0. The summed E-state index contributed by atoms with van der Waals surface area (Å²) in [6, 6.07) is 17.5. The Morgan fingerprint density at radius 2 is 1.53 bits per heavy atom. The molecular weight excluding hydrogens is 448 g/mol. The first-order chi connectivity index (χ1) is 16.4. The highest BCUT2D eigenvalue weighted by Gasteiger charge is 2.28. The van der Waals surface area contributed by atoms with Crippen LogP contribution >= 0.6 is 0 Å². The van der Waals surface area contributed by atoms with Gasteiger partial charge in [-0.1, -0.05) is 6.92 Å². The van der Waals surface area contributed by atoms with E-state index in [4.69, 9.17) is 9.72 Å². The van der Waals surface area contributed by atoms with Crippen molar-refractivity contribution in [3.05, 3.63) is 54.6 Å². The first kappa shape index (κ1) is 22.9. The highest BCUT2D eigenvalue weighted by atomic mass is 32.2. The number of pyridine rings is 1. The van der Waals surface area contributed by atoms with E-state index in [0.29, 0.717) is 23.9 Å². The van der Waals surface area contributed by atoms with Crippen molar-refractivity contribution in [3.63, 3.8) is 0 Å². The van der Waals surface area contributed by atoms with Crippen molar-refractivity contribution in [2.45, 2.75) is 24.7 Å². The Balaban J connectivity index is 1.28. The molecular formula is C26H32N4O3S. The highest BCUT2D eigenvalue weighted by molar-refractivity contribution is 7.89. The molecule has 0 bridgehead atoms. The summed E-state index contributed by atoms with van der Waals surface area (Å²) in [6.45, 7) is 6.97. The molecule has 0 saturated carbocycles. The molecule has 5 rings (SSSR count). The largest absolute Gasteiger partial charge is 0.497 e. The minimum Gasteiger partial charge on any atom is -0.497 e. The number of methoxy groups -OCH3 is 1. The number of anilines is 2. The predicted octanol–water partition coefficient (Wildman–Crippen LogP) is 3.99. The summed E-state index contributed by atoms with van der Waals surface area (Å²) in [5, 5.41) is 0.854. The van der Waals surface area contributed by atoms with Gasteiger partial charge in [0.15, 0.2) is 0 Å². The van der Waals surface area contributed by atoms with Crippen LogP contribution in [0.2, 0.25) is 0 Å². The van der Waals surface area contributed by atoms with Crippen LogP contribution in [0.3, 0.4) is 0 Å². The van der Waals surface area contributed by atoms with Gasteiger partial charge < -0.3 is 14.5 Å². The lowest BCUT2D eigenvalue weighted by Gasteiger charge is -2.36. The second-order valence-corrected chi connectivity index (χ2v) is 11.2. The summed E-state index contributed by atoms with van der Waals surface area (Å²) in [7, 11) is -1.78. The smallest absolute Gasteiger partial charge is 0.243 e. The van der Waals surface area contributed by atoms with Gasteiger partial charge in [0.25, 0.3) is 0 Å². The minimum atomic E-state index is -3.46. The van der Waals surface area contributed by atoms with Gasteiger partial charge in [-0.25, -0.2) is 13.4 Å². The monoisotopic (exact) mass is 480 g/mol. The van der Waals surface area contributed by atoms with Crippen LogP contribution in [0.1, 0.15) is 19.8 Å². The molecule has 2 aromatic carbocycles. The number of hydrogen-bond donors (Lipinski definition) is 0. The maximum absolute atomic E-state index is 13.1. The summed E-state index contributed by atoms with van der Waals surface area (Å²) in [6.07, 6.45) is 1.84. The van der Waals surface area contributed by atoms with E-state index >= 15 is 0 Å². The third-order valence-electron chi connectivity index (χ3n) is 7.07. The van der Waals surface area contributed by atoms with Gasteiger partial charge >= 0.3 is 0 Å². The molecule has 0 aliphatic carbocycles. The Hall–Kier alpha value is -2.84. The number of piperazine rings is 1. The molecule has 2 fully saturated rings. The average Bonchev–Trinajstić information content (AvgIpc) is 2.88. The summed E-state index contributed by atoms with van der Waals surface area (Å²) in [5.74, 6) is 2.38. The Labute approximate surface area is 202 Å². The number of ether oxygens (including phenoxy) is 1. The lowest BCUT2D eigenvalue weighted by molar-refractivity contribution is 0.288. The molecule has 0 N–H and O–H groups in total. The maximum atomic E-state index is 13.1. The summed E-state index contributed by atoms with van der Waals surface area (Å²) >= 11 is 0. The van der Waals surface area contributed by atoms with Crippen molar-refractivity contribution in [1.82, 2.24) is 9.29 Å². The van der Waals surface area contributed by atoms with Gasteiger partial charge in [0, 0.05) is 50.3 Å². The van der Waals surface area contributed by atoms with Crippen LogP contribution < -0.4 is 14.5 Å². The summed E-state index contributed by atoms with van der Waals surface area (Å²) in [4.78, 5) is 9.87. The van der Waals surface area contributed by atoms with E-state index in [1.54, 1.807) is 23.5 Å². The van der Waals surface area contributed by atoms with Crippen LogP contribution in [0.15, 0.2) is 59.5 Å². The third kappa shape index (κ3) is 4.57.